The highest BCUT2D eigenvalue weighted by molar-refractivity contribution is 6.42. The molecule has 1 amide bonds. The van der Waals surface area contributed by atoms with Crippen molar-refractivity contribution in [3.05, 3.63) is 69.2 Å². The zero-order valence-corrected chi connectivity index (χ0v) is 12.8. The van der Waals surface area contributed by atoms with E-state index < -0.39 is 0 Å². The van der Waals surface area contributed by atoms with Crippen LogP contribution in [0.3, 0.4) is 0 Å². The van der Waals surface area contributed by atoms with Crippen LogP contribution in [0.1, 0.15) is 16.7 Å². The number of rotatable bonds is 5. The SMILES string of the molecule is O=C(Cc1ccc(Cl)c(Cl)c1)NCc1ccc(CO)cc1. The van der Waals surface area contributed by atoms with Crippen molar-refractivity contribution >= 4 is 29.1 Å². The van der Waals surface area contributed by atoms with Crippen LogP contribution in [0.5, 0.6) is 0 Å². The lowest BCUT2D eigenvalue weighted by Crippen LogP contribution is -2.24. The first-order chi connectivity index (χ1) is 10.1. The zero-order chi connectivity index (χ0) is 15.2. The Balaban J connectivity index is 1.87. The van der Waals surface area contributed by atoms with Crippen LogP contribution in [-0.2, 0) is 24.4 Å². The van der Waals surface area contributed by atoms with E-state index in [4.69, 9.17) is 28.3 Å². The Hall–Kier alpha value is -1.55. The summed E-state index contributed by atoms with van der Waals surface area (Å²) >= 11 is 11.7. The largest absolute Gasteiger partial charge is 0.392 e. The minimum atomic E-state index is -0.0837. The molecule has 0 aliphatic heterocycles. The van der Waals surface area contributed by atoms with Crippen molar-refractivity contribution in [1.82, 2.24) is 5.32 Å². The van der Waals surface area contributed by atoms with Crippen molar-refractivity contribution in [3.63, 3.8) is 0 Å². The van der Waals surface area contributed by atoms with Gasteiger partial charge in [0.15, 0.2) is 0 Å². The molecule has 0 aliphatic rings. The van der Waals surface area contributed by atoms with E-state index >= 15 is 0 Å². The maximum atomic E-state index is 11.9. The maximum absolute atomic E-state index is 11.9. The van der Waals surface area contributed by atoms with Gasteiger partial charge in [-0.05, 0) is 28.8 Å². The number of aliphatic hydroxyl groups is 1. The fourth-order valence-corrected chi connectivity index (χ4v) is 2.18. The third kappa shape index (κ3) is 4.74. The molecule has 110 valence electrons. The van der Waals surface area contributed by atoms with E-state index in [2.05, 4.69) is 5.32 Å². The monoisotopic (exact) mass is 323 g/mol. The van der Waals surface area contributed by atoms with E-state index in [-0.39, 0.29) is 18.9 Å². The van der Waals surface area contributed by atoms with Gasteiger partial charge in [0.25, 0.3) is 0 Å². The molecule has 2 N–H and O–H groups in total. The molecular weight excluding hydrogens is 309 g/mol. The summed E-state index contributed by atoms with van der Waals surface area (Å²) in [4.78, 5) is 11.9. The molecule has 0 radical (unpaired) electrons. The van der Waals surface area contributed by atoms with Crippen LogP contribution in [0.15, 0.2) is 42.5 Å². The molecule has 0 saturated heterocycles. The molecule has 0 aliphatic carbocycles. The lowest BCUT2D eigenvalue weighted by molar-refractivity contribution is -0.120. The van der Waals surface area contributed by atoms with E-state index in [1.54, 1.807) is 18.2 Å². The molecule has 0 fully saturated rings. The number of benzene rings is 2. The molecule has 0 spiro atoms. The first kappa shape index (κ1) is 15.8. The highest BCUT2D eigenvalue weighted by Gasteiger charge is 2.05. The van der Waals surface area contributed by atoms with Gasteiger partial charge in [-0.15, -0.1) is 0 Å². The van der Waals surface area contributed by atoms with Crippen LogP contribution in [0.4, 0.5) is 0 Å². The molecule has 0 bridgehead atoms. The molecule has 0 saturated carbocycles. The van der Waals surface area contributed by atoms with Gasteiger partial charge in [-0.1, -0.05) is 53.5 Å². The minimum absolute atomic E-state index is 0.0178. The van der Waals surface area contributed by atoms with E-state index in [1.807, 2.05) is 24.3 Å². The molecule has 2 aromatic carbocycles. The molecule has 2 aromatic rings. The fourth-order valence-electron chi connectivity index (χ4n) is 1.86. The number of hydrogen-bond donors (Lipinski definition) is 2. The lowest BCUT2D eigenvalue weighted by Gasteiger charge is -2.07. The Labute approximate surface area is 133 Å². The second-order valence-electron chi connectivity index (χ2n) is 4.68. The van der Waals surface area contributed by atoms with E-state index in [9.17, 15) is 4.79 Å². The summed E-state index contributed by atoms with van der Waals surface area (Å²) in [6.45, 7) is 0.468. The van der Waals surface area contributed by atoms with Gasteiger partial charge in [0, 0.05) is 6.54 Å². The van der Waals surface area contributed by atoms with Gasteiger partial charge in [0.2, 0.25) is 5.91 Å². The van der Waals surface area contributed by atoms with Crippen LogP contribution >= 0.6 is 23.2 Å². The third-order valence-corrected chi connectivity index (χ3v) is 3.78. The van der Waals surface area contributed by atoms with Gasteiger partial charge in [-0.2, -0.15) is 0 Å². The molecule has 5 heteroatoms. The highest BCUT2D eigenvalue weighted by Crippen LogP contribution is 2.22. The topological polar surface area (TPSA) is 49.3 Å². The number of halogens is 2. The maximum Gasteiger partial charge on any atom is 0.224 e. The van der Waals surface area contributed by atoms with Gasteiger partial charge >= 0.3 is 0 Å². The van der Waals surface area contributed by atoms with Gasteiger partial charge in [0.05, 0.1) is 23.1 Å². The van der Waals surface area contributed by atoms with Crippen molar-refractivity contribution in [2.75, 3.05) is 0 Å². The normalized spacial score (nSPS) is 10.4. The van der Waals surface area contributed by atoms with E-state index in [1.165, 1.54) is 0 Å². The summed E-state index contributed by atoms with van der Waals surface area (Å²) in [6, 6.07) is 12.6. The number of aliphatic hydroxyl groups excluding tert-OH is 1. The predicted molar refractivity (Wildman–Crippen MR) is 84.4 cm³/mol. The number of carbonyl (C=O) groups excluding carboxylic acids is 1. The molecule has 0 atom stereocenters. The first-order valence-corrected chi connectivity index (χ1v) is 7.23. The van der Waals surface area contributed by atoms with Crippen LogP contribution in [-0.4, -0.2) is 11.0 Å². The Morgan fingerprint density at radius 1 is 0.952 bits per heavy atom. The van der Waals surface area contributed by atoms with Crippen molar-refractivity contribution in [2.45, 2.75) is 19.6 Å². The zero-order valence-electron chi connectivity index (χ0n) is 11.3. The third-order valence-electron chi connectivity index (χ3n) is 3.04. The number of amides is 1. The summed E-state index contributed by atoms with van der Waals surface area (Å²) in [5.41, 5.74) is 2.65. The summed E-state index contributed by atoms with van der Waals surface area (Å²) in [5, 5.41) is 12.7. The summed E-state index contributed by atoms with van der Waals surface area (Å²) < 4.78 is 0. The molecule has 2 rings (SSSR count). The highest BCUT2D eigenvalue weighted by atomic mass is 35.5. The fraction of sp³-hybridized carbons (Fsp3) is 0.188. The Morgan fingerprint density at radius 3 is 2.19 bits per heavy atom. The Kier molecular flexibility index (Phi) is 5.62. The standard InChI is InChI=1S/C16H15Cl2NO2/c17-14-6-5-13(7-15(14)18)8-16(21)19-9-11-1-3-12(10-20)4-2-11/h1-7,20H,8-10H2,(H,19,21). The first-order valence-electron chi connectivity index (χ1n) is 6.48. The van der Waals surface area contributed by atoms with E-state index in [0.29, 0.717) is 16.6 Å². The molecule has 3 nitrogen and oxygen atoms in total. The van der Waals surface area contributed by atoms with Crippen LogP contribution in [0, 0.1) is 0 Å². The second kappa shape index (κ2) is 7.46. The molecule has 0 aromatic heterocycles. The van der Waals surface area contributed by atoms with Gasteiger partial charge in [0.1, 0.15) is 0 Å². The Morgan fingerprint density at radius 2 is 1.57 bits per heavy atom. The molecule has 0 unspecified atom stereocenters. The average Bonchev–Trinajstić information content (AvgIpc) is 2.49. The van der Waals surface area contributed by atoms with Crippen molar-refractivity contribution in [1.29, 1.82) is 0 Å². The van der Waals surface area contributed by atoms with Gasteiger partial charge in [-0.3, -0.25) is 4.79 Å². The number of carbonyl (C=O) groups is 1. The minimum Gasteiger partial charge on any atom is -0.392 e. The quantitative estimate of drug-likeness (QED) is 0.886. The predicted octanol–water partition coefficient (Wildman–Crippen LogP) is 3.34. The lowest BCUT2D eigenvalue weighted by atomic mass is 10.1. The van der Waals surface area contributed by atoms with Crippen LogP contribution in [0.2, 0.25) is 10.0 Å². The number of hydrogen-bond acceptors (Lipinski definition) is 2. The van der Waals surface area contributed by atoms with Crippen molar-refractivity contribution < 1.29 is 9.90 Å². The summed E-state index contributed by atoms with van der Waals surface area (Å²) in [7, 11) is 0. The Bertz CT molecular complexity index is 627. The molecule has 0 heterocycles. The average molecular weight is 324 g/mol. The van der Waals surface area contributed by atoms with Crippen molar-refractivity contribution in [2.24, 2.45) is 0 Å². The van der Waals surface area contributed by atoms with Gasteiger partial charge < -0.3 is 10.4 Å². The van der Waals surface area contributed by atoms with Crippen molar-refractivity contribution in [3.8, 4) is 0 Å². The second-order valence-corrected chi connectivity index (χ2v) is 5.49. The van der Waals surface area contributed by atoms with Gasteiger partial charge in [-0.25, -0.2) is 0 Å². The molecular formula is C16H15Cl2NO2. The summed E-state index contributed by atoms with van der Waals surface area (Å²) in [5.74, 6) is -0.0837. The van der Waals surface area contributed by atoms with E-state index in [0.717, 1.165) is 16.7 Å². The van der Waals surface area contributed by atoms with Crippen LogP contribution in [0.25, 0.3) is 0 Å². The van der Waals surface area contributed by atoms with Crippen LogP contribution < -0.4 is 5.32 Å². The smallest absolute Gasteiger partial charge is 0.224 e. The summed E-state index contributed by atoms with van der Waals surface area (Å²) in [6.07, 6.45) is 0.256. The molecule has 21 heavy (non-hydrogen) atoms. The number of nitrogens with one attached hydrogen (secondary N) is 1.